The van der Waals surface area contributed by atoms with Crippen molar-refractivity contribution in [3.63, 3.8) is 0 Å². The SMILES string of the molecule is C[C@@H]1CN(C(=O)[C@@H]2CC(=O)N(c3ccc4c(c3)OCO4)C2)C[C@@H](C)O1. The van der Waals surface area contributed by atoms with Gasteiger partial charge in [-0.25, -0.2) is 0 Å². The number of carbonyl (C=O) groups excluding carboxylic acids is 2. The number of ether oxygens (including phenoxy) is 3. The van der Waals surface area contributed by atoms with Crippen molar-refractivity contribution in [2.75, 3.05) is 31.3 Å². The van der Waals surface area contributed by atoms with E-state index in [0.29, 0.717) is 31.1 Å². The molecule has 3 atom stereocenters. The average molecular weight is 346 g/mol. The fourth-order valence-electron chi connectivity index (χ4n) is 3.79. The molecule has 0 radical (unpaired) electrons. The Morgan fingerprint density at radius 2 is 1.80 bits per heavy atom. The van der Waals surface area contributed by atoms with Crippen molar-refractivity contribution >= 4 is 17.5 Å². The minimum Gasteiger partial charge on any atom is -0.454 e. The fourth-order valence-corrected chi connectivity index (χ4v) is 3.79. The predicted octanol–water partition coefficient (Wildman–Crippen LogP) is 1.40. The van der Waals surface area contributed by atoms with Crippen LogP contribution in [0.1, 0.15) is 20.3 Å². The van der Waals surface area contributed by atoms with Gasteiger partial charge in [0, 0.05) is 37.8 Å². The fraction of sp³-hybridized carbons (Fsp3) is 0.556. The van der Waals surface area contributed by atoms with Crippen LogP contribution in [0.2, 0.25) is 0 Å². The number of hydrogen-bond donors (Lipinski definition) is 0. The highest BCUT2D eigenvalue weighted by Gasteiger charge is 2.39. The van der Waals surface area contributed by atoms with E-state index in [9.17, 15) is 9.59 Å². The monoisotopic (exact) mass is 346 g/mol. The molecule has 0 saturated carbocycles. The second-order valence-corrected chi connectivity index (χ2v) is 6.94. The summed E-state index contributed by atoms with van der Waals surface area (Å²) in [6, 6.07) is 5.43. The van der Waals surface area contributed by atoms with Gasteiger partial charge in [0.1, 0.15) is 0 Å². The summed E-state index contributed by atoms with van der Waals surface area (Å²) >= 11 is 0. The second-order valence-electron chi connectivity index (χ2n) is 6.94. The zero-order valence-corrected chi connectivity index (χ0v) is 14.4. The van der Waals surface area contributed by atoms with Gasteiger partial charge in [0.2, 0.25) is 18.6 Å². The van der Waals surface area contributed by atoms with E-state index in [0.717, 1.165) is 5.69 Å². The molecule has 3 heterocycles. The molecule has 2 amide bonds. The number of benzene rings is 1. The molecule has 0 N–H and O–H groups in total. The highest BCUT2D eigenvalue weighted by molar-refractivity contribution is 6.00. The lowest BCUT2D eigenvalue weighted by atomic mass is 10.1. The van der Waals surface area contributed by atoms with Crippen LogP contribution in [0.25, 0.3) is 0 Å². The van der Waals surface area contributed by atoms with Gasteiger partial charge < -0.3 is 24.0 Å². The van der Waals surface area contributed by atoms with E-state index in [1.165, 1.54) is 0 Å². The molecule has 2 fully saturated rings. The summed E-state index contributed by atoms with van der Waals surface area (Å²) in [5, 5.41) is 0. The van der Waals surface area contributed by atoms with Gasteiger partial charge in [-0.1, -0.05) is 0 Å². The van der Waals surface area contributed by atoms with Crippen LogP contribution in [0, 0.1) is 5.92 Å². The maximum Gasteiger partial charge on any atom is 0.231 e. The third-order valence-corrected chi connectivity index (χ3v) is 4.87. The lowest BCUT2D eigenvalue weighted by Crippen LogP contribution is -2.50. The summed E-state index contributed by atoms with van der Waals surface area (Å²) in [7, 11) is 0. The van der Waals surface area contributed by atoms with Gasteiger partial charge in [0.25, 0.3) is 0 Å². The Morgan fingerprint density at radius 3 is 2.56 bits per heavy atom. The molecule has 3 aliphatic rings. The van der Waals surface area contributed by atoms with Crippen LogP contribution in [0.15, 0.2) is 18.2 Å². The van der Waals surface area contributed by atoms with Gasteiger partial charge >= 0.3 is 0 Å². The molecule has 0 bridgehead atoms. The Bertz CT molecular complexity index is 697. The smallest absolute Gasteiger partial charge is 0.231 e. The molecule has 1 aromatic rings. The third kappa shape index (κ3) is 3.04. The maximum absolute atomic E-state index is 12.8. The number of amides is 2. The van der Waals surface area contributed by atoms with Crippen LogP contribution in [0.4, 0.5) is 5.69 Å². The van der Waals surface area contributed by atoms with E-state index in [1.807, 2.05) is 24.8 Å². The molecule has 7 nitrogen and oxygen atoms in total. The van der Waals surface area contributed by atoms with Gasteiger partial charge in [-0.3, -0.25) is 9.59 Å². The van der Waals surface area contributed by atoms with Crippen LogP contribution < -0.4 is 14.4 Å². The number of carbonyl (C=O) groups is 2. The van der Waals surface area contributed by atoms with Gasteiger partial charge in [-0.2, -0.15) is 0 Å². The zero-order valence-electron chi connectivity index (χ0n) is 14.4. The highest BCUT2D eigenvalue weighted by atomic mass is 16.7. The maximum atomic E-state index is 12.8. The molecule has 134 valence electrons. The van der Waals surface area contributed by atoms with Gasteiger partial charge in [0.05, 0.1) is 18.1 Å². The lowest BCUT2D eigenvalue weighted by molar-refractivity contribution is -0.147. The van der Waals surface area contributed by atoms with E-state index in [1.54, 1.807) is 17.0 Å². The van der Waals surface area contributed by atoms with E-state index in [2.05, 4.69) is 0 Å². The van der Waals surface area contributed by atoms with E-state index in [-0.39, 0.29) is 43.2 Å². The minimum absolute atomic E-state index is 0.0229. The summed E-state index contributed by atoms with van der Waals surface area (Å²) in [5.74, 6) is 1.01. The summed E-state index contributed by atoms with van der Waals surface area (Å²) in [4.78, 5) is 28.8. The first-order valence-electron chi connectivity index (χ1n) is 8.65. The largest absolute Gasteiger partial charge is 0.454 e. The van der Waals surface area contributed by atoms with Crippen molar-refractivity contribution in [3.05, 3.63) is 18.2 Å². The topological polar surface area (TPSA) is 68.3 Å². The molecule has 1 aromatic carbocycles. The minimum atomic E-state index is -0.310. The Labute approximate surface area is 146 Å². The molecular formula is C18H22N2O5. The van der Waals surface area contributed by atoms with Crippen LogP contribution >= 0.6 is 0 Å². The Balaban J connectivity index is 1.47. The molecular weight excluding hydrogens is 324 g/mol. The van der Waals surface area contributed by atoms with Crippen molar-refractivity contribution in [2.24, 2.45) is 5.92 Å². The normalized spacial score (nSPS) is 28.6. The van der Waals surface area contributed by atoms with Crippen LogP contribution in [-0.4, -0.2) is 55.3 Å². The molecule has 0 aliphatic carbocycles. The van der Waals surface area contributed by atoms with Gasteiger partial charge in [0.15, 0.2) is 11.5 Å². The molecule has 7 heteroatoms. The quantitative estimate of drug-likeness (QED) is 0.810. The first kappa shape index (κ1) is 16.2. The number of fused-ring (bicyclic) bond motifs is 1. The molecule has 0 aromatic heterocycles. The number of hydrogen-bond acceptors (Lipinski definition) is 5. The third-order valence-electron chi connectivity index (χ3n) is 4.87. The zero-order chi connectivity index (χ0) is 17.6. The molecule has 0 spiro atoms. The van der Waals surface area contributed by atoms with Gasteiger partial charge in [-0.05, 0) is 26.0 Å². The first-order valence-corrected chi connectivity index (χ1v) is 8.65. The standard InChI is InChI=1S/C18H22N2O5/c1-11-7-19(8-12(2)25-11)18(22)13-5-17(21)20(9-13)14-3-4-15-16(6-14)24-10-23-15/h3-4,6,11-13H,5,7-10H2,1-2H3/t11-,12-,13-/m1/s1. The summed E-state index contributed by atoms with van der Waals surface area (Å²) in [5.41, 5.74) is 0.744. The summed E-state index contributed by atoms with van der Waals surface area (Å²) in [6.45, 7) is 5.69. The van der Waals surface area contributed by atoms with E-state index in [4.69, 9.17) is 14.2 Å². The highest BCUT2D eigenvalue weighted by Crippen LogP contribution is 2.37. The lowest BCUT2D eigenvalue weighted by Gasteiger charge is -2.36. The first-order chi connectivity index (χ1) is 12.0. The Hall–Kier alpha value is -2.28. The molecule has 0 unspecified atom stereocenters. The Kier molecular flexibility index (Phi) is 4.03. The van der Waals surface area contributed by atoms with Crippen LogP contribution in [0.3, 0.4) is 0 Å². The number of nitrogens with zero attached hydrogens (tertiary/aromatic N) is 2. The summed E-state index contributed by atoms with van der Waals surface area (Å²) < 4.78 is 16.4. The van der Waals surface area contributed by atoms with E-state index < -0.39 is 0 Å². The van der Waals surface area contributed by atoms with Crippen molar-refractivity contribution in [1.82, 2.24) is 4.90 Å². The number of morpholine rings is 1. The second kappa shape index (κ2) is 6.22. The number of anilines is 1. The van der Waals surface area contributed by atoms with Crippen molar-refractivity contribution in [2.45, 2.75) is 32.5 Å². The molecule has 4 rings (SSSR count). The number of rotatable bonds is 2. The average Bonchev–Trinajstić information content (AvgIpc) is 3.18. The molecule has 25 heavy (non-hydrogen) atoms. The predicted molar refractivity (Wildman–Crippen MR) is 89.6 cm³/mol. The van der Waals surface area contributed by atoms with Gasteiger partial charge in [-0.15, -0.1) is 0 Å². The van der Waals surface area contributed by atoms with Crippen molar-refractivity contribution < 1.29 is 23.8 Å². The summed E-state index contributed by atoms with van der Waals surface area (Å²) in [6.07, 6.45) is 0.289. The van der Waals surface area contributed by atoms with Crippen molar-refractivity contribution in [3.8, 4) is 11.5 Å². The van der Waals surface area contributed by atoms with Crippen LogP contribution in [-0.2, 0) is 14.3 Å². The molecule has 2 saturated heterocycles. The van der Waals surface area contributed by atoms with E-state index >= 15 is 0 Å². The van der Waals surface area contributed by atoms with Crippen LogP contribution in [0.5, 0.6) is 11.5 Å². The molecule has 3 aliphatic heterocycles. The Morgan fingerprint density at radius 1 is 1.08 bits per heavy atom. The van der Waals surface area contributed by atoms with Crippen molar-refractivity contribution in [1.29, 1.82) is 0 Å².